The predicted octanol–water partition coefficient (Wildman–Crippen LogP) is 0.798. The summed E-state index contributed by atoms with van der Waals surface area (Å²) in [4.78, 5) is 37.9. The fourth-order valence-corrected chi connectivity index (χ4v) is 8.54. The molecule has 3 aliphatic heterocycles. The molecule has 0 aliphatic carbocycles. The highest BCUT2D eigenvalue weighted by atomic mass is 16.7. The molecule has 3 heterocycles. The minimum Gasteiger partial charge on any atom is -0.462 e. The number of aliphatic hydroxyl groups is 10. The zero-order chi connectivity index (χ0) is 55.0. The number of hydrogen-bond acceptors (Lipinski definition) is 19. The van der Waals surface area contributed by atoms with Crippen molar-refractivity contribution in [3.8, 4) is 0 Å². The smallest absolute Gasteiger partial charge is 0.315 e. The van der Waals surface area contributed by atoms with Crippen molar-refractivity contribution in [2.24, 2.45) is 17.6 Å². The second-order valence-electron chi connectivity index (χ2n) is 19.4. The molecule has 3 rings (SSSR count). The summed E-state index contributed by atoms with van der Waals surface area (Å²) in [6.45, 7) is 10.1. The minimum atomic E-state index is -2.31. The average molecular weight is 1050 g/mol. The maximum atomic E-state index is 13.2. The van der Waals surface area contributed by atoms with E-state index in [4.69, 9.17) is 29.4 Å². The molecule has 74 heavy (non-hydrogen) atoms. The van der Waals surface area contributed by atoms with E-state index in [9.17, 15) is 65.4 Å². The Morgan fingerprint density at radius 3 is 1.97 bits per heavy atom. The SMILES string of the molecule is C=CCOC(=O)CCNC(=O)N[C@H]1[C@@H]2C[C@@H](OC3OC(C)C(O)C(N)C3O)/C=C/C=C/C=C/C=C/C=C/C=C/C=C/[C@H](C)[C@@H](O)[C@@H](C)[C@H](C)OC(=O)C[C@H](O)C[C@H](O)CC[C@@H](O)[C@H](O)C[C@H](O)C[C@](O)(C[C@@H]1O)O2. The van der Waals surface area contributed by atoms with Crippen molar-refractivity contribution >= 4 is 18.0 Å². The van der Waals surface area contributed by atoms with E-state index in [1.807, 2.05) is 25.2 Å². The molecule has 5 unspecified atom stereocenters. The van der Waals surface area contributed by atoms with Crippen molar-refractivity contribution in [3.05, 3.63) is 97.7 Å². The van der Waals surface area contributed by atoms with Crippen LogP contribution >= 0.6 is 0 Å². The number of carbonyl (C=O) groups is 3. The van der Waals surface area contributed by atoms with Gasteiger partial charge in [0.1, 0.15) is 18.8 Å². The Labute approximate surface area is 434 Å². The van der Waals surface area contributed by atoms with Gasteiger partial charge in [-0.25, -0.2) is 4.79 Å². The normalized spacial score (nSPS) is 41.1. The quantitative estimate of drug-likeness (QED) is 0.118. The van der Waals surface area contributed by atoms with Crippen LogP contribution in [0.25, 0.3) is 0 Å². The van der Waals surface area contributed by atoms with Crippen molar-refractivity contribution in [1.82, 2.24) is 10.6 Å². The molecule has 3 aliphatic rings. The average Bonchev–Trinajstić information content (AvgIpc) is 3.33. The molecule has 2 fully saturated rings. The number of aliphatic hydroxyl groups excluding tert-OH is 9. The molecule has 0 aromatic carbocycles. The number of carbonyl (C=O) groups excluding carboxylic acids is 3. The third-order valence-corrected chi connectivity index (χ3v) is 13.0. The van der Waals surface area contributed by atoms with Crippen LogP contribution < -0.4 is 16.4 Å². The van der Waals surface area contributed by atoms with E-state index in [-0.39, 0.29) is 51.2 Å². The van der Waals surface area contributed by atoms with Gasteiger partial charge < -0.3 is 91.1 Å². The molecular formula is C53H83N3O18. The lowest BCUT2D eigenvalue weighted by molar-refractivity contribution is -0.303. The first-order chi connectivity index (χ1) is 35.0. The number of hydrogen-bond donors (Lipinski definition) is 13. The molecule has 0 aromatic heterocycles. The highest BCUT2D eigenvalue weighted by Crippen LogP contribution is 2.35. The van der Waals surface area contributed by atoms with E-state index in [1.54, 1.807) is 87.6 Å². The molecule has 21 nitrogen and oxygen atoms in total. The molecule has 0 aromatic rings. The summed E-state index contributed by atoms with van der Waals surface area (Å²) in [6.07, 6.45) is 5.08. The number of fused-ring (bicyclic) bond motifs is 2. The Bertz CT molecular complexity index is 1930. The van der Waals surface area contributed by atoms with Crippen LogP contribution in [0.2, 0.25) is 0 Å². The van der Waals surface area contributed by atoms with Gasteiger partial charge in [0.2, 0.25) is 0 Å². The topological polar surface area (TPSA) is 350 Å². The molecule has 14 N–H and O–H groups in total. The number of esters is 2. The second-order valence-corrected chi connectivity index (χ2v) is 19.4. The molecule has 2 amide bonds. The van der Waals surface area contributed by atoms with Crippen LogP contribution in [0.15, 0.2) is 97.7 Å². The first-order valence-corrected chi connectivity index (χ1v) is 25.3. The fourth-order valence-electron chi connectivity index (χ4n) is 8.54. The highest BCUT2D eigenvalue weighted by Gasteiger charge is 2.49. The highest BCUT2D eigenvalue weighted by molar-refractivity contribution is 5.76. The molecule has 0 spiro atoms. The summed E-state index contributed by atoms with van der Waals surface area (Å²) < 4.78 is 28.6. The van der Waals surface area contributed by atoms with Crippen LogP contribution in [0, 0.1) is 11.8 Å². The van der Waals surface area contributed by atoms with Gasteiger partial charge in [0.05, 0.1) is 92.1 Å². The van der Waals surface area contributed by atoms with Gasteiger partial charge in [0, 0.05) is 44.1 Å². The Hall–Kier alpha value is -4.43. The van der Waals surface area contributed by atoms with Gasteiger partial charge in [-0.1, -0.05) is 112 Å². The molecule has 19 atom stereocenters. The van der Waals surface area contributed by atoms with Crippen molar-refractivity contribution in [2.45, 2.75) is 189 Å². The maximum Gasteiger partial charge on any atom is 0.315 e. The van der Waals surface area contributed by atoms with E-state index in [0.717, 1.165) is 0 Å². The van der Waals surface area contributed by atoms with E-state index in [1.165, 1.54) is 6.08 Å². The number of ether oxygens (including phenoxy) is 5. The van der Waals surface area contributed by atoms with Gasteiger partial charge in [0.25, 0.3) is 0 Å². The van der Waals surface area contributed by atoms with Gasteiger partial charge >= 0.3 is 18.0 Å². The number of nitrogens with two attached hydrogens (primary N) is 1. The standard InChI is InChI=1S/C53H83N3O18/c1-6-25-70-44(63)23-24-55-52(68)56-47-42(62)31-53(69)30-38(59)27-41(61)40(60)22-21-36(57)26-37(58)28-45(64)71-34(4)33(3)48(65)32(2)19-17-15-13-11-9-7-8-10-12-14-16-18-20-39(29-43(47)74-53)73-51-50(67)46(54)49(66)35(5)72-51/h6-20,32-43,46-51,57-62,65-67,69H,1,21-31,54H2,2-5H3,(H2,55,56,68)/b8-7+,11-9+,12-10+,15-13+,16-14+,19-17+,20-18+/t32-,33-,34-,35?,36+,37+,38-,39-,40+,41+,42-,43-,46?,47+,48+,49?,50?,51?,53+/m0/s1. The molecule has 418 valence electrons. The lowest BCUT2D eigenvalue weighted by Gasteiger charge is -2.46. The number of urea groups is 1. The second kappa shape index (κ2) is 32.9. The molecule has 2 saturated heterocycles. The number of nitrogens with one attached hydrogen (secondary N) is 2. The zero-order valence-corrected chi connectivity index (χ0v) is 42.9. The van der Waals surface area contributed by atoms with Crippen molar-refractivity contribution in [2.75, 3.05) is 13.2 Å². The Kier molecular flexibility index (Phi) is 28.4. The number of allylic oxidation sites excluding steroid dienone is 12. The van der Waals surface area contributed by atoms with E-state index < -0.39 is 153 Å². The summed E-state index contributed by atoms with van der Waals surface area (Å²) in [5.74, 6) is -4.41. The Morgan fingerprint density at radius 2 is 1.35 bits per heavy atom. The fraction of sp³-hybridized carbons (Fsp3) is 0.642. The van der Waals surface area contributed by atoms with Crippen molar-refractivity contribution < 1.29 is 89.1 Å². The van der Waals surface area contributed by atoms with Crippen LogP contribution in [0.4, 0.5) is 4.79 Å². The molecule has 2 bridgehead atoms. The molecule has 0 radical (unpaired) electrons. The lowest BCUT2D eigenvalue weighted by Crippen LogP contribution is -2.64. The zero-order valence-electron chi connectivity index (χ0n) is 42.9. The molecule has 0 saturated carbocycles. The van der Waals surface area contributed by atoms with Gasteiger partial charge in [-0.15, -0.1) is 0 Å². The monoisotopic (exact) mass is 1050 g/mol. The number of rotatable bonds is 8. The van der Waals surface area contributed by atoms with E-state index in [0.29, 0.717) is 0 Å². The van der Waals surface area contributed by atoms with Crippen molar-refractivity contribution in [1.29, 1.82) is 0 Å². The maximum absolute atomic E-state index is 13.2. The summed E-state index contributed by atoms with van der Waals surface area (Å²) in [5.41, 5.74) is 6.10. The number of cyclic esters (lactones) is 1. The van der Waals surface area contributed by atoms with E-state index in [2.05, 4.69) is 17.2 Å². The summed E-state index contributed by atoms with van der Waals surface area (Å²) in [6, 6.07) is -3.26. The van der Waals surface area contributed by atoms with Crippen LogP contribution in [-0.2, 0) is 33.3 Å². The summed E-state index contributed by atoms with van der Waals surface area (Å²) in [5, 5.41) is 115. The number of amides is 2. The summed E-state index contributed by atoms with van der Waals surface area (Å²) in [7, 11) is 0. The molecule has 21 heteroatoms. The Balaban J connectivity index is 1.93. The van der Waals surface area contributed by atoms with Crippen LogP contribution in [0.5, 0.6) is 0 Å². The Morgan fingerprint density at radius 1 is 0.743 bits per heavy atom. The van der Waals surface area contributed by atoms with Crippen molar-refractivity contribution in [3.63, 3.8) is 0 Å². The van der Waals surface area contributed by atoms with Gasteiger partial charge in [-0.2, -0.15) is 0 Å². The first-order valence-electron chi connectivity index (χ1n) is 25.3. The lowest BCUT2D eigenvalue weighted by atomic mass is 9.87. The van der Waals surface area contributed by atoms with Gasteiger partial charge in [-0.05, 0) is 33.1 Å². The minimum absolute atomic E-state index is 0.0230. The van der Waals surface area contributed by atoms with E-state index >= 15 is 0 Å². The van der Waals surface area contributed by atoms with Crippen LogP contribution in [0.1, 0.15) is 85.5 Å². The van der Waals surface area contributed by atoms with Gasteiger partial charge in [0.15, 0.2) is 12.1 Å². The third-order valence-electron chi connectivity index (χ3n) is 13.0. The van der Waals surface area contributed by atoms with Crippen LogP contribution in [0.3, 0.4) is 0 Å². The third kappa shape index (κ3) is 22.8. The predicted molar refractivity (Wildman–Crippen MR) is 272 cm³/mol. The largest absolute Gasteiger partial charge is 0.462 e. The molecular weight excluding hydrogens is 967 g/mol. The summed E-state index contributed by atoms with van der Waals surface area (Å²) >= 11 is 0. The van der Waals surface area contributed by atoms with Gasteiger partial charge in [-0.3, -0.25) is 9.59 Å². The first kappa shape index (κ1) is 63.9. The van der Waals surface area contributed by atoms with Crippen LogP contribution in [-0.4, -0.2) is 186 Å².